The molecule has 0 saturated carbocycles. The highest BCUT2D eigenvalue weighted by Gasteiger charge is 2.05. The number of nitrogens with zero attached hydrogens (tertiary/aromatic N) is 2. The predicted octanol–water partition coefficient (Wildman–Crippen LogP) is 1.95. The van der Waals surface area contributed by atoms with Crippen molar-refractivity contribution in [2.24, 2.45) is 0 Å². The second-order valence-electron chi connectivity index (χ2n) is 3.73. The van der Waals surface area contributed by atoms with E-state index in [4.69, 9.17) is 5.11 Å². The number of hydrogen-bond donors (Lipinski definition) is 2. The molecule has 0 aliphatic carbocycles. The van der Waals surface area contributed by atoms with Gasteiger partial charge in [-0.2, -0.15) is 0 Å². The summed E-state index contributed by atoms with van der Waals surface area (Å²) >= 11 is 0. The molecule has 17 heavy (non-hydrogen) atoms. The van der Waals surface area contributed by atoms with Crippen molar-refractivity contribution in [1.82, 2.24) is 4.98 Å². The van der Waals surface area contributed by atoms with E-state index in [1.165, 1.54) is 12.3 Å². The molecule has 0 saturated heterocycles. The molecule has 6 heteroatoms. The largest absolute Gasteiger partial charge is 0.396 e. The van der Waals surface area contributed by atoms with Gasteiger partial charge in [0.05, 0.1) is 5.69 Å². The van der Waals surface area contributed by atoms with E-state index < -0.39 is 4.92 Å². The van der Waals surface area contributed by atoms with E-state index in [2.05, 4.69) is 10.3 Å². The number of aliphatic hydroxyl groups excluding tert-OH is 1. The predicted molar refractivity (Wildman–Crippen MR) is 64.9 cm³/mol. The zero-order valence-corrected chi connectivity index (χ0v) is 9.63. The minimum atomic E-state index is -0.515. The molecule has 0 aliphatic heterocycles. The second-order valence-corrected chi connectivity index (χ2v) is 3.73. The van der Waals surface area contributed by atoms with Gasteiger partial charge in [-0.25, -0.2) is 0 Å². The Balaban J connectivity index is 2.21. The maximum absolute atomic E-state index is 10.4. The van der Waals surface area contributed by atoms with Crippen LogP contribution in [0.2, 0.25) is 0 Å². The topological polar surface area (TPSA) is 88.3 Å². The lowest BCUT2D eigenvalue weighted by Gasteiger charge is -2.04. The van der Waals surface area contributed by atoms with Gasteiger partial charge in [0.2, 0.25) is 0 Å². The summed E-state index contributed by atoms with van der Waals surface area (Å²) in [7, 11) is 0. The Morgan fingerprint density at radius 1 is 1.29 bits per heavy atom. The summed E-state index contributed by atoms with van der Waals surface area (Å²) in [5.41, 5.74) is 0.790. The Morgan fingerprint density at radius 2 is 2.06 bits per heavy atom. The Kier molecular flexibility index (Phi) is 5.95. The molecule has 1 heterocycles. The second kappa shape index (κ2) is 7.56. The van der Waals surface area contributed by atoms with Crippen LogP contribution >= 0.6 is 0 Å². The van der Waals surface area contributed by atoms with Crippen molar-refractivity contribution < 1.29 is 10.0 Å². The van der Waals surface area contributed by atoms with Crippen LogP contribution in [0.1, 0.15) is 25.7 Å². The van der Waals surface area contributed by atoms with Gasteiger partial charge >= 0.3 is 5.82 Å². The van der Waals surface area contributed by atoms with Crippen molar-refractivity contribution in [3.05, 3.63) is 28.4 Å². The molecule has 0 fully saturated rings. The summed E-state index contributed by atoms with van der Waals surface area (Å²) in [6.45, 7) is 1.06. The average Bonchev–Trinajstić information content (AvgIpc) is 2.34. The van der Waals surface area contributed by atoms with Crippen LogP contribution in [0.15, 0.2) is 18.3 Å². The first-order valence-electron chi connectivity index (χ1n) is 5.69. The van der Waals surface area contributed by atoms with Crippen LogP contribution in [0.25, 0.3) is 0 Å². The Morgan fingerprint density at radius 3 is 2.65 bits per heavy atom. The van der Waals surface area contributed by atoms with Crippen LogP contribution in [0.4, 0.5) is 11.5 Å². The van der Waals surface area contributed by atoms with Crippen molar-refractivity contribution in [2.45, 2.75) is 25.7 Å². The Hall–Kier alpha value is -1.69. The maximum atomic E-state index is 10.4. The quantitative estimate of drug-likeness (QED) is 0.411. The monoisotopic (exact) mass is 239 g/mol. The summed E-state index contributed by atoms with van der Waals surface area (Å²) < 4.78 is 0. The molecule has 1 aromatic rings. The van der Waals surface area contributed by atoms with E-state index in [-0.39, 0.29) is 12.4 Å². The summed E-state index contributed by atoms with van der Waals surface area (Å²) in [4.78, 5) is 13.6. The maximum Gasteiger partial charge on any atom is 0.363 e. The van der Waals surface area contributed by atoms with E-state index >= 15 is 0 Å². The van der Waals surface area contributed by atoms with Gasteiger partial charge in [0, 0.05) is 19.2 Å². The number of aliphatic hydroxyl groups is 1. The van der Waals surface area contributed by atoms with Gasteiger partial charge in [0.1, 0.15) is 0 Å². The molecule has 94 valence electrons. The number of anilines is 1. The molecule has 2 N–H and O–H groups in total. The van der Waals surface area contributed by atoms with Crippen LogP contribution in [0, 0.1) is 10.1 Å². The lowest BCUT2D eigenvalue weighted by molar-refractivity contribution is -0.389. The highest BCUT2D eigenvalue weighted by molar-refractivity contribution is 5.43. The highest BCUT2D eigenvalue weighted by Crippen LogP contribution is 2.11. The molecule has 0 bridgehead atoms. The minimum absolute atomic E-state index is 0.140. The van der Waals surface area contributed by atoms with Crippen LogP contribution in [-0.2, 0) is 0 Å². The number of aromatic nitrogens is 1. The lowest BCUT2D eigenvalue weighted by Crippen LogP contribution is -2.02. The molecular weight excluding hydrogens is 222 g/mol. The van der Waals surface area contributed by atoms with Crippen LogP contribution in [0.5, 0.6) is 0 Å². The third-order valence-electron chi connectivity index (χ3n) is 2.35. The summed E-state index contributed by atoms with van der Waals surface area (Å²) in [6.07, 6.45) is 5.41. The third-order valence-corrected chi connectivity index (χ3v) is 2.35. The molecule has 0 amide bonds. The summed E-state index contributed by atoms with van der Waals surface area (Å²) in [5.74, 6) is -0.140. The van der Waals surface area contributed by atoms with Crippen molar-refractivity contribution >= 4 is 11.5 Å². The van der Waals surface area contributed by atoms with Crippen LogP contribution < -0.4 is 5.32 Å². The van der Waals surface area contributed by atoms with Crippen LogP contribution in [-0.4, -0.2) is 28.2 Å². The molecule has 0 spiro atoms. The van der Waals surface area contributed by atoms with Gasteiger partial charge in [-0.05, 0) is 28.8 Å². The van der Waals surface area contributed by atoms with Gasteiger partial charge in [0.25, 0.3) is 0 Å². The molecule has 0 aromatic carbocycles. The number of nitrogens with one attached hydrogen (secondary N) is 1. The Labute approximate surface area is 99.8 Å². The number of hydrogen-bond acceptors (Lipinski definition) is 5. The van der Waals surface area contributed by atoms with Gasteiger partial charge in [0.15, 0.2) is 6.20 Å². The fourth-order valence-electron chi connectivity index (χ4n) is 1.42. The van der Waals surface area contributed by atoms with Crippen molar-refractivity contribution in [3.8, 4) is 0 Å². The standard InChI is InChI=1S/C11H17N3O3/c15-8-4-2-1-3-7-12-10-5-6-11(13-9-10)14(16)17/h5-6,9,12,15H,1-4,7-8H2. The number of unbranched alkanes of at least 4 members (excludes halogenated alkanes) is 3. The van der Waals surface area contributed by atoms with Crippen molar-refractivity contribution in [2.75, 3.05) is 18.5 Å². The van der Waals surface area contributed by atoms with Gasteiger partial charge in [-0.3, -0.25) is 0 Å². The molecule has 1 rings (SSSR count). The summed E-state index contributed by atoms with van der Waals surface area (Å²) in [5, 5.41) is 22.1. The SMILES string of the molecule is O=[N+]([O-])c1ccc(NCCCCCCO)cn1. The number of nitro groups is 1. The molecule has 0 unspecified atom stereocenters. The van der Waals surface area contributed by atoms with Gasteiger partial charge in [-0.1, -0.05) is 12.8 Å². The molecule has 0 aliphatic rings. The normalized spacial score (nSPS) is 10.2. The Bertz CT molecular complexity index is 340. The fraction of sp³-hybridized carbons (Fsp3) is 0.545. The van der Waals surface area contributed by atoms with E-state index in [0.29, 0.717) is 0 Å². The van der Waals surface area contributed by atoms with E-state index in [0.717, 1.165) is 37.9 Å². The van der Waals surface area contributed by atoms with E-state index in [1.807, 2.05) is 0 Å². The molecule has 0 atom stereocenters. The first kappa shape index (κ1) is 13.4. The molecule has 6 nitrogen and oxygen atoms in total. The lowest BCUT2D eigenvalue weighted by atomic mass is 10.2. The van der Waals surface area contributed by atoms with Crippen LogP contribution in [0.3, 0.4) is 0 Å². The average molecular weight is 239 g/mol. The summed E-state index contributed by atoms with van der Waals surface area (Å²) in [6, 6.07) is 3.03. The van der Waals surface area contributed by atoms with E-state index in [1.54, 1.807) is 6.07 Å². The highest BCUT2D eigenvalue weighted by atomic mass is 16.6. The zero-order chi connectivity index (χ0) is 12.5. The number of rotatable bonds is 8. The van der Waals surface area contributed by atoms with E-state index in [9.17, 15) is 10.1 Å². The fourth-order valence-corrected chi connectivity index (χ4v) is 1.42. The molecule has 0 radical (unpaired) electrons. The smallest absolute Gasteiger partial charge is 0.363 e. The minimum Gasteiger partial charge on any atom is -0.396 e. The van der Waals surface area contributed by atoms with Gasteiger partial charge in [-0.15, -0.1) is 0 Å². The first-order valence-corrected chi connectivity index (χ1v) is 5.69. The third kappa shape index (κ3) is 5.26. The van der Waals surface area contributed by atoms with Crippen molar-refractivity contribution in [1.29, 1.82) is 0 Å². The van der Waals surface area contributed by atoms with Gasteiger partial charge < -0.3 is 20.5 Å². The number of pyridine rings is 1. The first-order chi connectivity index (χ1) is 8.24. The molecular formula is C11H17N3O3. The molecule has 1 aromatic heterocycles. The van der Waals surface area contributed by atoms with Crippen molar-refractivity contribution in [3.63, 3.8) is 0 Å². The zero-order valence-electron chi connectivity index (χ0n) is 9.63.